The SMILES string of the molecule is COc1ccc(C2=NN(c3ccc([N+](=O)[O-])cc3)[C@@H](c3ccc(F)cc3)C2)cc1. The molecule has 0 radical (unpaired) electrons. The molecule has 0 N–H and O–H groups in total. The Morgan fingerprint density at radius 3 is 2.28 bits per heavy atom. The first-order valence-electron chi connectivity index (χ1n) is 9.06. The van der Waals surface area contributed by atoms with Gasteiger partial charge in [0, 0.05) is 18.6 Å². The maximum absolute atomic E-state index is 13.4. The van der Waals surface area contributed by atoms with Crippen LogP contribution in [0.4, 0.5) is 15.8 Å². The van der Waals surface area contributed by atoms with Gasteiger partial charge in [-0.3, -0.25) is 15.1 Å². The van der Waals surface area contributed by atoms with Crippen molar-refractivity contribution in [3.05, 3.63) is 99.9 Å². The van der Waals surface area contributed by atoms with Crippen molar-refractivity contribution >= 4 is 17.1 Å². The molecule has 0 spiro atoms. The third-order valence-corrected chi connectivity index (χ3v) is 4.91. The molecule has 146 valence electrons. The van der Waals surface area contributed by atoms with Crippen LogP contribution in [0.5, 0.6) is 5.75 Å². The minimum atomic E-state index is -0.433. The van der Waals surface area contributed by atoms with E-state index in [0.29, 0.717) is 6.42 Å². The average molecular weight is 391 g/mol. The number of nitrogens with zero attached hydrogens (tertiary/aromatic N) is 3. The summed E-state index contributed by atoms with van der Waals surface area (Å²) in [5.41, 5.74) is 3.50. The molecular formula is C22H18FN3O3. The van der Waals surface area contributed by atoms with E-state index in [9.17, 15) is 14.5 Å². The lowest BCUT2D eigenvalue weighted by Gasteiger charge is -2.23. The molecule has 29 heavy (non-hydrogen) atoms. The van der Waals surface area contributed by atoms with Crippen LogP contribution in [0.15, 0.2) is 77.9 Å². The molecule has 0 fully saturated rings. The van der Waals surface area contributed by atoms with Crippen molar-refractivity contribution in [2.24, 2.45) is 5.10 Å². The van der Waals surface area contributed by atoms with Crippen LogP contribution in [0.25, 0.3) is 0 Å². The highest BCUT2D eigenvalue weighted by atomic mass is 19.1. The van der Waals surface area contributed by atoms with Crippen LogP contribution in [0.3, 0.4) is 0 Å². The highest BCUT2D eigenvalue weighted by Gasteiger charge is 2.30. The number of nitro benzene ring substituents is 1. The van der Waals surface area contributed by atoms with Gasteiger partial charge in [-0.2, -0.15) is 5.10 Å². The highest BCUT2D eigenvalue weighted by molar-refractivity contribution is 6.03. The number of ether oxygens (including phenoxy) is 1. The lowest BCUT2D eigenvalue weighted by atomic mass is 9.98. The van der Waals surface area contributed by atoms with Gasteiger partial charge in [-0.15, -0.1) is 0 Å². The summed E-state index contributed by atoms with van der Waals surface area (Å²) in [6.07, 6.45) is 0.620. The quantitative estimate of drug-likeness (QED) is 0.448. The number of methoxy groups -OCH3 is 1. The molecular weight excluding hydrogens is 373 g/mol. The summed E-state index contributed by atoms with van der Waals surface area (Å²) in [6, 6.07) is 20.1. The smallest absolute Gasteiger partial charge is 0.269 e. The van der Waals surface area contributed by atoms with E-state index in [0.717, 1.165) is 28.3 Å². The van der Waals surface area contributed by atoms with Gasteiger partial charge >= 0.3 is 0 Å². The average Bonchev–Trinajstić information content (AvgIpc) is 3.20. The van der Waals surface area contributed by atoms with E-state index in [1.165, 1.54) is 24.3 Å². The van der Waals surface area contributed by atoms with Crippen LogP contribution >= 0.6 is 0 Å². The monoisotopic (exact) mass is 391 g/mol. The maximum atomic E-state index is 13.4. The normalized spacial score (nSPS) is 15.9. The van der Waals surface area contributed by atoms with E-state index in [1.54, 1.807) is 31.4 Å². The number of non-ortho nitro benzene ring substituents is 1. The summed E-state index contributed by atoms with van der Waals surface area (Å²) in [5, 5.41) is 17.6. The first kappa shape index (κ1) is 18.6. The van der Waals surface area contributed by atoms with Crippen LogP contribution in [0.2, 0.25) is 0 Å². The second-order valence-corrected chi connectivity index (χ2v) is 6.66. The molecule has 6 nitrogen and oxygen atoms in total. The fourth-order valence-electron chi connectivity index (χ4n) is 3.38. The Morgan fingerprint density at radius 1 is 1.03 bits per heavy atom. The van der Waals surface area contributed by atoms with Gasteiger partial charge in [0.2, 0.25) is 0 Å². The van der Waals surface area contributed by atoms with Crippen molar-refractivity contribution < 1.29 is 14.1 Å². The number of hydrazone groups is 1. The van der Waals surface area contributed by atoms with Crippen molar-refractivity contribution in [3.8, 4) is 5.75 Å². The molecule has 0 amide bonds. The summed E-state index contributed by atoms with van der Waals surface area (Å²) >= 11 is 0. The molecule has 0 saturated carbocycles. The molecule has 3 aromatic carbocycles. The molecule has 0 aromatic heterocycles. The van der Waals surface area contributed by atoms with E-state index < -0.39 is 4.92 Å². The van der Waals surface area contributed by atoms with Crippen LogP contribution < -0.4 is 9.75 Å². The van der Waals surface area contributed by atoms with Crippen molar-refractivity contribution in [1.82, 2.24) is 0 Å². The van der Waals surface area contributed by atoms with E-state index >= 15 is 0 Å². The van der Waals surface area contributed by atoms with Gasteiger partial charge in [0.05, 0.1) is 29.5 Å². The number of hydrogen-bond donors (Lipinski definition) is 0. The van der Waals surface area contributed by atoms with Crippen LogP contribution in [0.1, 0.15) is 23.6 Å². The Morgan fingerprint density at radius 2 is 1.69 bits per heavy atom. The molecule has 7 heteroatoms. The minimum Gasteiger partial charge on any atom is -0.497 e. The Bertz CT molecular complexity index is 1050. The van der Waals surface area contributed by atoms with Gasteiger partial charge in [0.25, 0.3) is 5.69 Å². The van der Waals surface area contributed by atoms with Crippen LogP contribution in [0, 0.1) is 15.9 Å². The van der Waals surface area contributed by atoms with Crippen molar-refractivity contribution in [3.63, 3.8) is 0 Å². The van der Waals surface area contributed by atoms with Crippen LogP contribution in [-0.2, 0) is 0 Å². The molecule has 0 unspecified atom stereocenters. The van der Waals surface area contributed by atoms with Gasteiger partial charge < -0.3 is 4.74 Å². The second kappa shape index (κ2) is 7.71. The van der Waals surface area contributed by atoms with E-state index in [2.05, 4.69) is 0 Å². The minimum absolute atomic E-state index is 0.0191. The lowest BCUT2D eigenvalue weighted by molar-refractivity contribution is -0.384. The Balaban J connectivity index is 1.71. The molecule has 3 aromatic rings. The number of nitro groups is 1. The highest BCUT2D eigenvalue weighted by Crippen LogP contribution is 2.37. The summed E-state index contributed by atoms with van der Waals surface area (Å²) in [6.45, 7) is 0. The Labute approximate surface area is 167 Å². The summed E-state index contributed by atoms with van der Waals surface area (Å²) < 4.78 is 18.6. The zero-order valence-electron chi connectivity index (χ0n) is 15.7. The van der Waals surface area contributed by atoms with Gasteiger partial charge in [-0.1, -0.05) is 12.1 Å². The van der Waals surface area contributed by atoms with Gasteiger partial charge in [0.1, 0.15) is 11.6 Å². The first-order chi connectivity index (χ1) is 14.0. The number of anilines is 1. The maximum Gasteiger partial charge on any atom is 0.269 e. The topological polar surface area (TPSA) is 68.0 Å². The van der Waals surface area contributed by atoms with Crippen molar-refractivity contribution in [1.29, 1.82) is 0 Å². The van der Waals surface area contributed by atoms with Gasteiger partial charge in [-0.25, -0.2) is 4.39 Å². The second-order valence-electron chi connectivity index (χ2n) is 6.66. The number of benzene rings is 3. The van der Waals surface area contributed by atoms with Crippen molar-refractivity contribution in [2.45, 2.75) is 12.5 Å². The summed E-state index contributed by atoms with van der Waals surface area (Å²) in [7, 11) is 1.61. The van der Waals surface area contributed by atoms with Crippen molar-refractivity contribution in [2.75, 3.05) is 12.1 Å². The molecule has 1 aliphatic heterocycles. The predicted molar refractivity (Wildman–Crippen MR) is 109 cm³/mol. The zero-order valence-corrected chi connectivity index (χ0v) is 15.7. The van der Waals surface area contributed by atoms with Crippen LogP contribution in [-0.4, -0.2) is 17.7 Å². The van der Waals surface area contributed by atoms with E-state index in [4.69, 9.17) is 9.84 Å². The number of rotatable bonds is 5. The molecule has 0 bridgehead atoms. The zero-order chi connectivity index (χ0) is 20.4. The Hall–Kier alpha value is -3.74. The van der Waals surface area contributed by atoms with Gasteiger partial charge in [0.15, 0.2) is 0 Å². The molecule has 0 saturated heterocycles. The standard InChI is InChI=1S/C22H18FN3O3/c1-29-20-12-4-15(5-13-20)21-14-22(16-2-6-17(23)7-3-16)25(24-21)18-8-10-19(11-9-18)26(27)28/h2-13,22H,14H2,1H3/t22-/m1/s1. The third kappa shape index (κ3) is 3.80. The number of hydrogen-bond acceptors (Lipinski definition) is 5. The van der Waals surface area contributed by atoms with E-state index in [-0.39, 0.29) is 17.5 Å². The summed E-state index contributed by atoms with van der Waals surface area (Å²) in [4.78, 5) is 10.5. The molecule has 1 aliphatic rings. The molecule has 1 heterocycles. The first-order valence-corrected chi connectivity index (χ1v) is 9.06. The molecule has 4 rings (SSSR count). The van der Waals surface area contributed by atoms with Gasteiger partial charge in [-0.05, 0) is 59.7 Å². The predicted octanol–water partition coefficient (Wildman–Crippen LogP) is 5.10. The largest absolute Gasteiger partial charge is 0.497 e. The fraction of sp³-hybridized carbons (Fsp3) is 0.136. The number of halogens is 1. The van der Waals surface area contributed by atoms with E-state index in [1.807, 2.05) is 29.3 Å². The Kier molecular flexibility index (Phi) is 4.95. The molecule has 0 aliphatic carbocycles. The summed E-state index contributed by atoms with van der Waals surface area (Å²) in [5.74, 6) is 0.458. The molecule has 1 atom stereocenters. The third-order valence-electron chi connectivity index (χ3n) is 4.91. The lowest BCUT2D eigenvalue weighted by Crippen LogP contribution is -2.18. The fourth-order valence-corrected chi connectivity index (χ4v) is 3.38.